The van der Waals surface area contributed by atoms with Gasteiger partial charge in [0.2, 0.25) is 11.6 Å². The molecule has 2 aromatic carbocycles. The molecule has 1 amide bonds. The van der Waals surface area contributed by atoms with E-state index in [4.69, 9.17) is 4.74 Å². The molecule has 9 nitrogen and oxygen atoms in total. The Morgan fingerprint density at radius 1 is 1.18 bits per heavy atom. The van der Waals surface area contributed by atoms with E-state index >= 15 is 0 Å². The molecule has 0 spiro atoms. The summed E-state index contributed by atoms with van der Waals surface area (Å²) < 4.78 is 7.91. The average molecular weight is 444 g/mol. The molecule has 3 heterocycles. The number of fused-ring (bicyclic) bond motifs is 2. The first-order valence-electron chi connectivity index (χ1n) is 10.7. The summed E-state index contributed by atoms with van der Waals surface area (Å²) in [5, 5.41) is 7.27. The Bertz CT molecular complexity index is 1410. The van der Waals surface area contributed by atoms with E-state index in [0.717, 1.165) is 23.2 Å². The molecule has 9 heteroatoms. The van der Waals surface area contributed by atoms with Gasteiger partial charge < -0.3 is 15.0 Å². The lowest BCUT2D eigenvalue weighted by Gasteiger charge is -2.29. The van der Waals surface area contributed by atoms with Gasteiger partial charge in [0.1, 0.15) is 12.3 Å². The average Bonchev–Trinajstić information content (AvgIpc) is 3.14. The lowest BCUT2D eigenvalue weighted by molar-refractivity contribution is -0.117. The number of hydrogen-bond donors (Lipinski definition) is 1. The number of carbonyl (C=O) groups excluding carboxylic acids is 1. The van der Waals surface area contributed by atoms with Gasteiger partial charge in [0.15, 0.2) is 5.82 Å². The van der Waals surface area contributed by atoms with Crippen LogP contribution in [0.1, 0.15) is 16.7 Å². The molecular formula is C24H24N6O3. The highest BCUT2D eigenvalue weighted by Crippen LogP contribution is 2.26. The first-order valence-corrected chi connectivity index (χ1v) is 10.7. The van der Waals surface area contributed by atoms with Gasteiger partial charge >= 0.3 is 5.69 Å². The van der Waals surface area contributed by atoms with E-state index in [0.29, 0.717) is 29.4 Å². The van der Waals surface area contributed by atoms with Gasteiger partial charge in [-0.2, -0.15) is 0 Å². The van der Waals surface area contributed by atoms with Crippen LogP contribution in [0.3, 0.4) is 0 Å². The Morgan fingerprint density at radius 3 is 2.82 bits per heavy atom. The normalized spacial score (nSPS) is 13.1. The Hall–Kier alpha value is -4.14. The van der Waals surface area contributed by atoms with Crippen LogP contribution in [0.5, 0.6) is 5.75 Å². The molecule has 4 aromatic rings. The van der Waals surface area contributed by atoms with Crippen molar-refractivity contribution in [3.05, 3.63) is 82.0 Å². The van der Waals surface area contributed by atoms with E-state index in [1.54, 1.807) is 25.6 Å². The standard InChI is InChI=1S/C24H24N6O3/c1-16-7-8-20(33-2)19(13-16)26-21(31)15-30-24(32)29-12-10-25-22(23(29)27-30)28-11-9-17-5-3-4-6-18(17)14-28/h3-8,10,12-13H,9,11,14-15H2,1-2H3,(H,26,31). The van der Waals surface area contributed by atoms with Crippen LogP contribution in [0.4, 0.5) is 11.5 Å². The molecule has 0 radical (unpaired) electrons. The molecule has 0 saturated carbocycles. The van der Waals surface area contributed by atoms with Crippen LogP contribution in [0.2, 0.25) is 0 Å². The Balaban J connectivity index is 1.42. The van der Waals surface area contributed by atoms with E-state index in [9.17, 15) is 9.59 Å². The summed E-state index contributed by atoms with van der Waals surface area (Å²) in [5.41, 5.74) is 4.14. The van der Waals surface area contributed by atoms with Crippen LogP contribution in [0, 0.1) is 6.92 Å². The molecule has 0 aliphatic carbocycles. The summed E-state index contributed by atoms with van der Waals surface area (Å²) in [6, 6.07) is 13.8. The van der Waals surface area contributed by atoms with Gasteiger partial charge in [-0.1, -0.05) is 30.3 Å². The minimum Gasteiger partial charge on any atom is -0.495 e. The highest BCUT2D eigenvalue weighted by molar-refractivity contribution is 5.92. The van der Waals surface area contributed by atoms with Crippen LogP contribution in [-0.2, 0) is 24.3 Å². The Labute approximate surface area is 190 Å². The van der Waals surface area contributed by atoms with Gasteiger partial charge in [0.05, 0.1) is 12.8 Å². The molecular weight excluding hydrogens is 420 g/mol. The second kappa shape index (κ2) is 8.42. The fourth-order valence-electron chi connectivity index (χ4n) is 4.18. The minimum atomic E-state index is -0.391. The maximum Gasteiger partial charge on any atom is 0.350 e. The van der Waals surface area contributed by atoms with Gasteiger partial charge in [0, 0.05) is 25.5 Å². The van der Waals surface area contributed by atoms with E-state index in [2.05, 4.69) is 32.4 Å². The Kier molecular flexibility index (Phi) is 5.29. The second-order valence-corrected chi connectivity index (χ2v) is 8.08. The predicted molar refractivity (Wildman–Crippen MR) is 125 cm³/mol. The number of methoxy groups -OCH3 is 1. The maximum absolute atomic E-state index is 12.9. The third kappa shape index (κ3) is 3.93. The predicted octanol–water partition coefficient (Wildman–Crippen LogP) is 2.41. The number of benzene rings is 2. The van der Waals surface area contributed by atoms with Gasteiger partial charge in [-0.3, -0.25) is 4.79 Å². The number of rotatable bonds is 5. The van der Waals surface area contributed by atoms with Crippen molar-refractivity contribution in [1.82, 2.24) is 19.2 Å². The summed E-state index contributed by atoms with van der Waals surface area (Å²) in [6.07, 6.45) is 4.06. The molecule has 0 saturated heterocycles. The Morgan fingerprint density at radius 2 is 2.00 bits per heavy atom. The third-order valence-electron chi connectivity index (χ3n) is 5.84. The lowest BCUT2D eigenvalue weighted by atomic mass is 10.00. The SMILES string of the molecule is COc1ccc(C)cc1NC(=O)Cn1nc2c(N3CCc4ccccc4C3)nccn2c1=O. The van der Waals surface area contributed by atoms with Gasteiger partial charge in [-0.05, 0) is 42.2 Å². The highest BCUT2D eigenvalue weighted by atomic mass is 16.5. The summed E-state index contributed by atoms with van der Waals surface area (Å²) >= 11 is 0. The fourth-order valence-corrected chi connectivity index (χ4v) is 4.18. The molecule has 1 aliphatic rings. The number of anilines is 2. The molecule has 168 valence electrons. The summed E-state index contributed by atoms with van der Waals surface area (Å²) in [6.45, 7) is 3.17. The first-order chi connectivity index (χ1) is 16.0. The molecule has 2 aromatic heterocycles. The second-order valence-electron chi connectivity index (χ2n) is 8.08. The van der Waals surface area contributed by atoms with Crippen LogP contribution < -0.4 is 20.6 Å². The summed E-state index contributed by atoms with van der Waals surface area (Å²) in [4.78, 5) is 32.3. The lowest BCUT2D eigenvalue weighted by Crippen LogP contribution is -2.31. The molecule has 1 N–H and O–H groups in total. The van der Waals surface area contributed by atoms with Crippen LogP contribution in [0.25, 0.3) is 5.65 Å². The van der Waals surface area contributed by atoms with Crippen LogP contribution >= 0.6 is 0 Å². The van der Waals surface area contributed by atoms with Crippen molar-refractivity contribution >= 4 is 23.1 Å². The van der Waals surface area contributed by atoms with Crippen molar-refractivity contribution in [2.24, 2.45) is 0 Å². The van der Waals surface area contributed by atoms with Crippen molar-refractivity contribution in [3.63, 3.8) is 0 Å². The third-order valence-corrected chi connectivity index (χ3v) is 5.84. The number of aromatic nitrogens is 4. The topological polar surface area (TPSA) is 93.8 Å². The monoisotopic (exact) mass is 444 g/mol. The van der Waals surface area contributed by atoms with Crippen molar-refractivity contribution < 1.29 is 9.53 Å². The quantitative estimate of drug-likeness (QED) is 0.508. The maximum atomic E-state index is 12.9. The van der Waals surface area contributed by atoms with Crippen molar-refractivity contribution in [1.29, 1.82) is 0 Å². The largest absolute Gasteiger partial charge is 0.495 e. The van der Waals surface area contributed by atoms with E-state index in [-0.39, 0.29) is 12.5 Å². The van der Waals surface area contributed by atoms with Crippen LogP contribution in [0.15, 0.2) is 59.7 Å². The molecule has 33 heavy (non-hydrogen) atoms. The van der Waals surface area contributed by atoms with E-state index < -0.39 is 5.69 Å². The fraction of sp³-hybridized carbons (Fsp3) is 0.250. The van der Waals surface area contributed by atoms with E-state index in [1.807, 2.05) is 31.2 Å². The zero-order valence-electron chi connectivity index (χ0n) is 18.5. The number of nitrogens with one attached hydrogen (secondary N) is 1. The van der Waals surface area contributed by atoms with E-state index in [1.165, 1.54) is 15.5 Å². The van der Waals surface area contributed by atoms with Crippen molar-refractivity contribution in [2.75, 3.05) is 23.9 Å². The van der Waals surface area contributed by atoms with Gasteiger partial charge in [-0.25, -0.2) is 18.9 Å². The number of hydrogen-bond acceptors (Lipinski definition) is 6. The minimum absolute atomic E-state index is 0.222. The number of carbonyl (C=O) groups is 1. The smallest absolute Gasteiger partial charge is 0.350 e. The molecule has 0 bridgehead atoms. The molecule has 0 atom stereocenters. The molecule has 1 aliphatic heterocycles. The van der Waals surface area contributed by atoms with Gasteiger partial charge in [-0.15, -0.1) is 5.10 Å². The number of aryl methyl sites for hydroxylation is 1. The zero-order valence-corrected chi connectivity index (χ0v) is 18.5. The summed E-state index contributed by atoms with van der Waals surface area (Å²) in [5.74, 6) is 0.808. The molecule has 5 rings (SSSR count). The molecule has 0 unspecified atom stereocenters. The van der Waals surface area contributed by atoms with Crippen molar-refractivity contribution in [3.8, 4) is 5.75 Å². The van der Waals surface area contributed by atoms with Crippen LogP contribution in [-0.4, -0.2) is 38.7 Å². The number of nitrogens with zero attached hydrogens (tertiary/aromatic N) is 5. The zero-order chi connectivity index (χ0) is 22.9. The number of ether oxygens (including phenoxy) is 1. The van der Waals surface area contributed by atoms with Gasteiger partial charge in [0.25, 0.3) is 0 Å². The highest BCUT2D eigenvalue weighted by Gasteiger charge is 2.22. The first kappa shape index (κ1) is 20.7. The van der Waals surface area contributed by atoms with Crippen molar-refractivity contribution in [2.45, 2.75) is 26.4 Å². The summed E-state index contributed by atoms with van der Waals surface area (Å²) in [7, 11) is 1.54. The number of amides is 1. The molecule has 0 fully saturated rings.